The minimum atomic E-state index is -3.63. The molecule has 4 heterocycles. The maximum absolute atomic E-state index is 13.3. The Kier molecular flexibility index (Phi) is 4.70. The van der Waals surface area contributed by atoms with Crippen LogP contribution in [0.4, 0.5) is 0 Å². The molecule has 3 aromatic heterocycles. The lowest BCUT2D eigenvalue weighted by Crippen LogP contribution is -2.43. The number of nitrogens with zero attached hydrogens (tertiary/aromatic N) is 4. The van der Waals surface area contributed by atoms with Crippen molar-refractivity contribution in [2.45, 2.75) is 17.2 Å². The molecular formula is C16H18N4O3S3. The Morgan fingerprint density at radius 3 is 2.85 bits per heavy atom. The van der Waals surface area contributed by atoms with Crippen molar-refractivity contribution in [3.8, 4) is 10.6 Å². The number of thiophene rings is 1. The zero-order chi connectivity index (χ0) is 18.3. The normalized spacial score (nSPS) is 19.1. The second-order valence-electron chi connectivity index (χ2n) is 5.96. The highest BCUT2D eigenvalue weighted by atomic mass is 32.2. The molecule has 0 bridgehead atoms. The van der Waals surface area contributed by atoms with Gasteiger partial charge in [-0.15, -0.1) is 22.7 Å². The molecule has 1 aliphatic rings. The zero-order valence-corrected chi connectivity index (χ0v) is 16.8. The molecule has 0 N–H and O–H groups in total. The van der Waals surface area contributed by atoms with Gasteiger partial charge in [-0.1, -0.05) is 0 Å². The number of hydrogen-bond acceptors (Lipinski definition) is 7. The van der Waals surface area contributed by atoms with E-state index in [0.29, 0.717) is 24.0 Å². The molecule has 7 nitrogen and oxygen atoms in total. The predicted molar refractivity (Wildman–Crippen MR) is 101 cm³/mol. The quantitative estimate of drug-likeness (QED) is 0.661. The molecule has 0 aliphatic carbocycles. The smallest absolute Gasteiger partial charge is 0.253 e. The Balaban J connectivity index is 1.69. The maximum Gasteiger partial charge on any atom is 0.253 e. The molecule has 1 unspecified atom stereocenters. The number of hydrogen-bond donors (Lipinski definition) is 0. The molecule has 3 aromatic rings. The Bertz CT molecular complexity index is 1020. The van der Waals surface area contributed by atoms with Gasteiger partial charge in [0, 0.05) is 25.2 Å². The first kappa shape index (κ1) is 17.8. The van der Waals surface area contributed by atoms with Crippen LogP contribution in [0.15, 0.2) is 34.0 Å². The molecule has 0 amide bonds. The Labute approximate surface area is 159 Å². The van der Waals surface area contributed by atoms with E-state index >= 15 is 0 Å². The van der Waals surface area contributed by atoms with Gasteiger partial charge in [0.15, 0.2) is 0 Å². The summed E-state index contributed by atoms with van der Waals surface area (Å²) in [5.74, 6) is 0. The molecule has 10 heteroatoms. The van der Waals surface area contributed by atoms with Crippen molar-refractivity contribution in [1.29, 1.82) is 0 Å². The van der Waals surface area contributed by atoms with Crippen LogP contribution in [0.5, 0.6) is 0 Å². The Hall–Kier alpha value is -1.59. The number of aromatic nitrogens is 3. The third-order valence-electron chi connectivity index (χ3n) is 4.30. The summed E-state index contributed by atoms with van der Waals surface area (Å²) in [5.41, 5.74) is 1.64. The molecule has 0 saturated carbocycles. The average Bonchev–Trinajstić information content (AvgIpc) is 3.35. The zero-order valence-electron chi connectivity index (χ0n) is 14.3. The lowest BCUT2D eigenvalue weighted by molar-refractivity contribution is 0.0293. The highest BCUT2D eigenvalue weighted by Crippen LogP contribution is 2.36. The number of morpholine rings is 1. The van der Waals surface area contributed by atoms with Gasteiger partial charge in [0.1, 0.15) is 4.21 Å². The second kappa shape index (κ2) is 6.86. The topological polar surface area (TPSA) is 77.3 Å². The highest BCUT2D eigenvalue weighted by Gasteiger charge is 2.37. The fourth-order valence-corrected chi connectivity index (χ4v) is 6.66. The Morgan fingerprint density at radius 1 is 1.31 bits per heavy atom. The molecule has 0 radical (unpaired) electrons. The third-order valence-corrected chi connectivity index (χ3v) is 8.55. The van der Waals surface area contributed by atoms with Crippen LogP contribution in [0.3, 0.4) is 0 Å². The van der Waals surface area contributed by atoms with Crippen LogP contribution in [-0.4, -0.2) is 47.2 Å². The fourth-order valence-electron chi connectivity index (χ4n) is 3.01. The summed E-state index contributed by atoms with van der Waals surface area (Å²) in [6.07, 6.45) is 1.67. The van der Waals surface area contributed by atoms with Crippen molar-refractivity contribution >= 4 is 32.7 Å². The van der Waals surface area contributed by atoms with E-state index in [4.69, 9.17) is 4.74 Å². The van der Waals surface area contributed by atoms with E-state index < -0.39 is 10.0 Å². The van der Waals surface area contributed by atoms with Gasteiger partial charge in [-0.2, -0.15) is 9.40 Å². The molecule has 1 atom stereocenters. The monoisotopic (exact) mass is 410 g/mol. The molecule has 1 saturated heterocycles. The van der Waals surface area contributed by atoms with Crippen molar-refractivity contribution in [3.63, 3.8) is 0 Å². The van der Waals surface area contributed by atoms with Crippen LogP contribution in [0.25, 0.3) is 10.6 Å². The third kappa shape index (κ3) is 3.12. The van der Waals surface area contributed by atoms with Crippen molar-refractivity contribution < 1.29 is 13.2 Å². The van der Waals surface area contributed by atoms with Gasteiger partial charge in [-0.25, -0.2) is 13.4 Å². The minimum Gasteiger partial charge on any atom is -0.378 e. The summed E-state index contributed by atoms with van der Waals surface area (Å²) < 4.78 is 35.7. The summed E-state index contributed by atoms with van der Waals surface area (Å²) in [4.78, 5) is 5.30. The first-order valence-corrected chi connectivity index (χ1v) is 11.2. The molecule has 4 rings (SSSR count). The van der Waals surface area contributed by atoms with Gasteiger partial charge in [0.2, 0.25) is 0 Å². The van der Waals surface area contributed by atoms with Gasteiger partial charge in [0.25, 0.3) is 10.0 Å². The molecule has 0 spiro atoms. The lowest BCUT2D eigenvalue weighted by Gasteiger charge is -2.34. The fraction of sp³-hybridized carbons (Fsp3) is 0.375. The SMILES string of the molecule is Cc1nc(-c2ccc(S(=O)(=O)N3CCOCC3c3ccnn3C)s2)cs1. The van der Waals surface area contributed by atoms with E-state index in [2.05, 4.69) is 10.1 Å². The van der Waals surface area contributed by atoms with Gasteiger partial charge in [-0.05, 0) is 25.1 Å². The van der Waals surface area contributed by atoms with E-state index in [1.807, 2.05) is 31.5 Å². The molecular weight excluding hydrogens is 392 g/mol. The van der Waals surface area contributed by atoms with Gasteiger partial charge in [0.05, 0.1) is 40.5 Å². The van der Waals surface area contributed by atoms with E-state index in [1.165, 1.54) is 15.6 Å². The Morgan fingerprint density at radius 2 is 2.15 bits per heavy atom. The second-order valence-corrected chi connectivity index (χ2v) is 10.2. The van der Waals surface area contributed by atoms with Crippen molar-refractivity contribution in [1.82, 2.24) is 19.1 Å². The van der Waals surface area contributed by atoms with Crippen LogP contribution < -0.4 is 0 Å². The highest BCUT2D eigenvalue weighted by molar-refractivity contribution is 7.91. The number of rotatable bonds is 4. The van der Waals surface area contributed by atoms with E-state index in [1.54, 1.807) is 28.3 Å². The minimum absolute atomic E-state index is 0.321. The van der Waals surface area contributed by atoms with Crippen LogP contribution in [-0.2, 0) is 21.8 Å². The molecule has 1 aliphatic heterocycles. The number of sulfonamides is 1. The molecule has 1 fully saturated rings. The average molecular weight is 411 g/mol. The summed E-state index contributed by atoms with van der Waals surface area (Å²) in [6, 6.07) is 4.94. The van der Waals surface area contributed by atoms with E-state index in [0.717, 1.165) is 21.3 Å². The van der Waals surface area contributed by atoms with Crippen LogP contribution in [0, 0.1) is 6.92 Å². The summed E-state index contributed by atoms with van der Waals surface area (Å²) in [7, 11) is -1.82. The summed E-state index contributed by atoms with van der Waals surface area (Å²) >= 11 is 2.81. The summed E-state index contributed by atoms with van der Waals surface area (Å²) in [6.45, 7) is 2.96. The maximum atomic E-state index is 13.3. The number of aryl methyl sites for hydroxylation is 2. The van der Waals surface area contributed by atoms with Crippen molar-refractivity contribution in [2.75, 3.05) is 19.8 Å². The number of thiazole rings is 1. The molecule has 26 heavy (non-hydrogen) atoms. The number of ether oxygens (including phenoxy) is 1. The summed E-state index contributed by atoms with van der Waals surface area (Å²) in [5, 5.41) is 7.07. The largest absolute Gasteiger partial charge is 0.378 e. The van der Waals surface area contributed by atoms with Gasteiger partial charge in [-0.3, -0.25) is 4.68 Å². The lowest BCUT2D eigenvalue weighted by atomic mass is 10.2. The van der Waals surface area contributed by atoms with Crippen LogP contribution >= 0.6 is 22.7 Å². The van der Waals surface area contributed by atoms with E-state index in [-0.39, 0.29) is 6.04 Å². The standard InChI is InChI=1S/C16H18N4O3S3/c1-11-18-12(10-24-11)15-3-4-16(25-15)26(21,22)20-7-8-23-9-14(20)13-5-6-17-19(13)2/h3-6,10,14H,7-9H2,1-2H3. The first-order valence-electron chi connectivity index (χ1n) is 8.06. The van der Waals surface area contributed by atoms with Gasteiger partial charge < -0.3 is 4.74 Å². The van der Waals surface area contributed by atoms with Gasteiger partial charge >= 0.3 is 0 Å². The predicted octanol–water partition coefficient (Wildman–Crippen LogP) is 2.68. The molecule has 0 aromatic carbocycles. The molecule has 138 valence electrons. The van der Waals surface area contributed by atoms with Crippen molar-refractivity contribution in [3.05, 3.63) is 40.5 Å². The first-order chi connectivity index (χ1) is 12.5. The van der Waals surface area contributed by atoms with Crippen LogP contribution in [0.2, 0.25) is 0 Å². The van der Waals surface area contributed by atoms with E-state index in [9.17, 15) is 8.42 Å². The van der Waals surface area contributed by atoms with Crippen molar-refractivity contribution in [2.24, 2.45) is 7.05 Å². The van der Waals surface area contributed by atoms with Crippen LogP contribution in [0.1, 0.15) is 16.7 Å².